The zero-order valence-corrected chi connectivity index (χ0v) is 59.5. The van der Waals surface area contributed by atoms with E-state index in [0.29, 0.717) is 16.9 Å². The molecule has 106 heavy (non-hydrogen) atoms. The average molecular weight is 1520 g/mol. The van der Waals surface area contributed by atoms with Crippen molar-refractivity contribution in [2.45, 2.75) is 176 Å². The standard InChI is InChI=1S/C26H35FN2O8S.C19H21FN2O6.2C11H13FN2O6/c1-14(2)17-9-18(15(3)4)24(19(10-17)16(5)6)38(31,32)37-21-7-8-29(26(30)28-21)25-22(27)23-20(36-25)11-33-12-34-13-35-23;1-11-4-3-5-12(2)16(11)28-14-6-7-22(19(23)21-14)18-15(20)17-13(27-18)8-24-9-25-10-26-17;2*12-8-9-6(3-17-4-18-5-19-9)20-10(8)14-2-1-7(15)13-11(14)16/h7-10,14-16,20,22-23,25H,11-13H2,1-6H3;3-7,13,15,17-18H,8-10H2,1-2H3;2*1-2,6,8-10H,3-5H2,(H,13,15,16)/t20-,22+,23?,25-;13-,15+,17?,18-;2*6-,8+,9?,10-/m1111/s1. The number of nitrogens with one attached hydrogen (secondary N) is 2. The smallest absolute Gasteiger partial charge is 0.353 e. The number of aryl methyl sites for hydroxylation is 2. The van der Waals surface area contributed by atoms with E-state index < -0.39 is 148 Å². The fourth-order valence-electron chi connectivity index (χ4n) is 12.5. The molecule has 580 valence electrons. The van der Waals surface area contributed by atoms with Crippen molar-refractivity contribution in [2.75, 3.05) is 80.8 Å². The van der Waals surface area contributed by atoms with Gasteiger partial charge in [0.05, 0.1) is 26.4 Å². The predicted molar refractivity (Wildman–Crippen MR) is 354 cm³/mol. The van der Waals surface area contributed by atoms with Crippen LogP contribution in [0.2, 0.25) is 0 Å². The quantitative estimate of drug-likeness (QED) is 0.126. The third-order valence-electron chi connectivity index (χ3n) is 17.8. The van der Waals surface area contributed by atoms with E-state index in [2.05, 4.69) is 19.9 Å². The fraction of sp³-hybridized carbons (Fsp3) is 0.582. The van der Waals surface area contributed by atoms with E-state index in [0.717, 1.165) is 47.1 Å². The molecule has 0 radical (unpaired) electrons. The number of H-pyrrole nitrogens is 2. The van der Waals surface area contributed by atoms with Crippen molar-refractivity contribution in [2.24, 2.45) is 0 Å². The van der Waals surface area contributed by atoms with Crippen LogP contribution in [0.3, 0.4) is 0 Å². The van der Waals surface area contributed by atoms with Gasteiger partial charge in [-0.1, -0.05) is 71.9 Å². The Balaban J connectivity index is 0.000000146. The minimum absolute atomic E-state index is 0.0204. The lowest BCUT2D eigenvalue weighted by Gasteiger charge is -2.22. The minimum atomic E-state index is -4.36. The number of para-hydroxylation sites is 1. The SMILES string of the molecule is CC(C)c1cc(C(C)C)c(S(=O)(=O)Oc2ccn([C@@H]3O[C@@H]4COCOCOC4[C@@H]3F)c(=O)n2)c(C(C)C)c1.Cc1cccc(C)c1Oc1ccn([C@@H]2O[C@@H]3COCOCOC3[C@@H]2F)c(=O)n1.O=c1ccn([C@@H]2O[C@@H]3COCOCOC3[C@@H]2F)c(=O)[nH]1.O=c1ccn([C@@H]2O[C@@H]3COCOCOC3[C@@H]2F)c(=O)[nH]1. The maximum Gasteiger partial charge on any atom is 0.353 e. The zero-order valence-electron chi connectivity index (χ0n) is 58.7. The second kappa shape index (κ2) is 35.5. The van der Waals surface area contributed by atoms with Gasteiger partial charge in [0, 0.05) is 49.1 Å². The first-order valence-corrected chi connectivity index (χ1v) is 35.1. The lowest BCUT2D eigenvalue weighted by atomic mass is 9.89. The Labute approximate surface area is 601 Å². The van der Waals surface area contributed by atoms with Gasteiger partial charge in [0.1, 0.15) is 114 Å². The number of aromatic amines is 2. The number of alkyl halides is 4. The molecule has 8 saturated heterocycles. The highest BCUT2D eigenvalue weighted by atomic mass is 32.2. The van der Waals surface area contributed by atoms with Gasteiger partial charge < -0.3 is 84.7 Å². The number of hydrogen-bond acceptors (Lipinski definition) is 28. The molecule has 0 amide bonds. The van der Waals surface area contributed by atoms with Crippen LogP contribution < -0.4 is 42.8 Å². The van der Waals surface area contributed by atoms with Gasteiger partial charge in [-0.25, -0.2) is 36.7 Å². The Morgan fingerprint density at radius 1 is 0.453 bits per heavy atom. The number of fused-ring (bicyclic) bond motifs is 4. The number of benzene rings is 2. The van der Waals surface area contributed by atoms with Crippen LogP contribution in [0, 0.1) is 13.8 Å². The zero-order chi connectivity index (χ0) is 75.7. The van der Waals surface area contributed by atoms with Gasteiger partial charge in [-0.2, -0.15) is 18.4 Å². The molecule has 4 aromatic heterocycles. The van der Waals surface area contributed by atoms with Crippen molar-refractivity contribution < 1.29 is 111 Å². The first kappa shape index (κ1) is 79.2. The van der Waals surface area contributed by atoms with E-state index in [1.165, 1.54) is 36.9 Å². The molecule has 8 fully saturated rings. The van der Waals surface area contributed by atoms with Crippen LogP contribution in [0.1, 0.15) is 112 Å². The maximum absolute atomic E-state index is 15.1. The minimum Gasteiger partial charge on any atom is -0.438 e. The second-order valence-electron chi connectivity index (χ2n) is 26.1. The molecule has 0 aliphatic carbocycles. The molecule has 4 unspecified atom stereocenters. The van der Waals surface area contributed by atoms with E-state index in [9.17, 15) is 50.4 Å². The van der Waals surface area contributed by atoms with Gasteiger partial charge in [0.15, 0.2) is 49.6 Å². The van der Waals surface area contributed by atoms with Gasteiger partial charge >= 0.3 is 32.9 Å². The third-order valence-corrected chi connectivity index (χ3v) is 19.1. The summed E-state index contributed by atoms with van der Waals surface area (Å²) in [6.45, 7) is 15.5. The van der Waals surface area contributed by atoms with Crippen LogP contribution in [0.15, 0.2) is 113 Å². The molecule has 0 bridgehead atoms. The van der Waals surface area contributed by atoms with Gasteiger partial charge in [0.25, 0.3) is 11.1 Å². The normalized spacial score (nSPS) is 29.0. The van der Waals surface area contributed by atoms with Gasteiger partial charge in [-0.3, -0.25) is 37.8 Å². The monoisotopic (exact) mass is 1520 g/mol. The summed E-state index contributed by atoms with van der Waals surface area (Å²) < 4.78 is 185. The number of hydrogen-bond donors (Lipinski definition) is 2. The first-order valence-electron chi connectivity index (χ1n) is 33.7. The van der Waals surface area contributed by atoms with E-state index in [1.807, 2.05) is 85.7 Å². The van der Waals surface area contributed by atoms with E-state index in [4.69, 9.17) is 84.7 Å². The van der Waals surface area contributed by atoms with E-state index in [1.54, 1.807) is 0 Å². The van der Waals surface area contributed by atoms with E-state index >= 15 is 4.39 Å². The summed E-state index contributed by atoms with van der Waals surface area (Å²) in [5, 5.41) is 0. The number of aromatic nitrogens is 8. The molecule has 6 aromatic rings. The van der Waals surface area contributed by atoms with Crippen LogP contribution >= 0.6 is 0 Å². The van der Waals surface area contributed by atoms with Gasteiger partial charge in [-0.15, -0.1) is 0 Å². The molecule has 39 heteroatoms. The number of nitrogens with zero attached hydrogens (tertiary/aromatic N) is 6. The van der Waals surface area contributed by atoms with Crippen LogP contribution in [-0.4, -0.2) is 201 Å². The molecule has 14 rings (SSSR count). The molecule has 0 saturated carbocycles. The lowest BCUT2D eigenvalue weighted by Crippen LogP contribution is -2.38. The van der Waals surface area contributed by atoms with Crippen LogP contribution in [-0.2, 0) is 85.9 Å². The molecule has 0 spiro atoms. The highest BCUT2D eigenvalue weighted by molar-refractivity contribution is 7.87. The molecule has 12 heterocycles. The summed E-state index contributed by atoms with van der Waals surface area (Å²) in [6.07, 6.45) is -12.6. The summed E-state index contributed by atoms with van der Waals surface area (Å²) in [7, 11) is -4.36. The summed E-state index contributed by atoms with van der Waals surface area (Å²) in [6, 6.07) is 14.5. The van der Waals surface area contributed by atoms with Crippen molar-refractivity contribution in [3.63, 3.8) is 0 Å². The average Bonchev–Trinajstić information content (AvgIpc) is 0.990. The summed E-state index contributed by atoms with van der Waals surface area (Å²) in [5.41, 5.74) is -0.0632. The van der Waals surface area contributed by atoms with Crippen molar-refractivity contribution >= 4 is 10.1 Å². The van der Waals surface area contributed by atoms with Crippen molar-refractivity contribution in [3.05, 3.63) is 170 Å². The molecule has 2 aromatic carbocycles. The number of halogens is 4. The first-order chi connectivity index (χ1) is 50.8. The summed E-state index contributed by atoms with van der Waals surface area (Å²) in [4.78, 5) is 82.6. The largest absolute Gasteiger partial charge is 0.438 e. The molecule has 34 nitrogen and oxygen atoms in total. The number of ether oxygens (including phenoxy) is 17. The van der Waals surface area contributed by atoms with Crippen LogP contribution in [0.4, 0.5) is 17.6 Å². The molecule has 2 N–H and O–H groups in total. The van der Waals surface area contributed by atoms with Crippen molar-refractivity contribution in [1.29, 1.82) is 0 Å². The Morgan fingerprint density at radius 2 is 0.792 bits per heavy atom. The third kappa shape index (κ3) is 18.5. The lowest BCUT2D eigenvalue weighted by molar-refractivity contribution is -0.203. The molecular formula is C67H82F4N8O26S. The molecule has 8 aliphatic rings. The summed E-state index contributed by atoms with van der Waals surface area (Å²) in [5.74, 6) is 0.347. The predicted octanol–water partition coefficient (Wildman–Crippen LogP) is 4.44. The molecule has 16 atom stereocenters. The Hall–Kier alpha value is -7.81. The highest BCUT2D eigenvalue weighted by Crippen LogP contribution is 2.40. The Morgan fingerprint density at radius 3 is 1.13 bits per heavy atom. The van der Waals surface area contributed by atoms with Gasteiger partial charge in [0.2, 0.25) is 11.8 Å². The Bertz CT molecular complexity index is 4320. The van der Waals surface area contributed by atoms with Crippen LogP contribution in [0.5, 0.6) is 17.5 Å². The number of rotatable bonds is 12. The highest BCUT2D eigenvalue weighted by Gasteiger charge is 2.52. The Kier molecular flexibility index (Phi) is 26.5. The molecular weight excluding hydrogens is 1440 g/mol. The summed E-state index contributed by atoms with van der Waals surface area (Å²) >= 11 is 0. The van der Waals surface area contributed by atoms with Crippen molar-refractivity contribution in [3.8, 4) is 17.5 Å². The molecule has 8 aliphatic heterocycles. The van der Waals surface area contributed by atoms with Crippen LogP contribution in [0.25, 0.3) is 0 Å². The maximum atomic E-state index is 15.1. The van der Waals surface area contributed by atoms with Crippen molar-refractivity contribution in [1.82, 2.24) is 38.2 Å². The topological polar surface area (TPSA) is 380 Å². The second-order valence-corrected chi connectivity index (χ2v) is 27.6. The van der Waals surface area contributed by atoms with Gasteiger partial charge in [-0.05, 0) is 59.4 Å². The van der Waals surface area contributed by atoms with E-state index in [-0.39, 0.29) is 109 Å². The fourth-order valence-corrected chi connectivity index (χ4v) is 14.0.